The summed E-state index contributed by atoms with van der Waals surface area (Å²) in [6.07, 6.45) is 0. The largest absolute Gasteiger partial charge is 0.360 e. The Kier molecular flexibility index (Phi) is 4.06. The van der Waals surface area contributed by atoms with Crippen LogP contribution >= 0.6 is 0 Å². The summed E-state index contributed by atoms with van der Waals surface area (Å²) in [4.78, 5) is 0.122. The molecule has 1 rings (SSSR count). The van der Waals surface area contributed by atoms with E-state index in [1.165, 1.54) is 0 Å². The molecule has 1 aromatic heterocycles. The molecule has 0 saturated heterocycles. The van der Waals surface area contributed by atoms with Crippen molar-refractivity contribution in [1.29, 1.82) is 0 Å². The van der Waals surface area contributed by atoms with Gasteiger partial charge in [-0.15, -0.1) is 0 Å². The lowest BCUT2D eigenvalue weighted by Crippen LogP contribution is -2.31. The predicted molar refractivity (Wildman–Crippen MR) is 59.4 cm³/mol. The molecule has 1 atom stereocenters. The average molecular weight is 247 g/mol. The van der Waals surface area contributed by atoms with Crippen molar-refractivity contribution in [2.75, 3.05) is 13.1 Å². The lowest BCUT2D eigenvalue weighted by atomic mass is 10.2. The van der Waals surface area contributed by atoms with Crippen molar-refractivity contribution in [2.45, 2.75) is 25.7 Å². The molecule has 0 spiro atoms. The third-order valence-electron chi connectivity index (χ3n) is 2.26. The van der Waals surface area contributed by atoms with Gasteiger partial charge in [0.2, 0.25) is 10.0 Å². The number of aromatic nitrogens is 1. The number of rotatable bonds is 5. The van der Waals surface area contributed by atoms with E-state index in [-0.39, 0.29) is 10.8 Å². The molecule has 7 heteroatoms. The Bertz CT molecular complexity index is 433. The van der Waals surface area contributed by atoms with Gasteiger partial charge in [-0.05, 0) is 26.3 Å². The summed E-state index contributed by atoms with van der Waals surface area (Å²) >= 11 is 0. The smallest absolute Gasteiger partial charge is 0.245 e. The minimum Gasteiger partial charge on any atom is -0.360 e. The van der Waals surface area contributed by atoms with Gasteiger partial charge in [0.1, 0.15) is 10.6 Å². The molecule has 92 valence electrons. The second kappa shape index (κ2) is 4.94. The van der Waals surface area contributed by atoms with Crippen LogP contribution in [0.5, 0.6) is 0 Å². The molecule has 0 amide bonds. The number of nitrogens with two attached hydrogens (primary N) is 1. The summed E-state index contributed by atoms with van der Waals surface area (Å²) in [5, 5.41) is 3.61. The van der Waals surface area contributed by atoms with Gasteiger partial charge in [-0.2, -0.15) is 0 Å². The highest BCUT2D eigenvalue weighted by Crippen LogP contribution is 2.18. The first-order valence-corrected chi connectivity index (χ1v) is 6.49. The van der Waals surface area contributed by atoms with E-state index in [0.717, 1.165) is 0 Å². The van der Waals surface area contributed by atoms with E-state index >= 15 is 0 Å². The highest BCUT2D eigenvalue weighted by Gasteiger charge is 2.23. The highest BCUT2D eigenvalue weighted by molar-refractivity contribution is 7.89. The van der Waals surface area contributed by atoms with Crippen LogP contribution in [0.15, 0.2) is 9.42 Å². The molecule has 3 N–H and O–H groups in total. The summed E-state index contributed by atoms with van der Waals surface area (Å²) in [5.74, 6) is 0.389. The van der Waals surface area contributed by atoms with Crippen molar-refractivity contribution in [3.63, 3.8) is 0 Å². The SMILES string of the molecule is Cc1noc(C)c1S(=O)(=O)NCC(C)CN. The topological polar surface area (TPSA) is 98.2 Å². The fourth-order valence-electron chi connectivity index (χ4n) is 1.27. The monoisotopic (exact) mass is 247 g/mol. The van der Waals surface area contributed by atoms with Crippen LogP contribution in [-0.2, 0) is 10.0 Å². The van der Waals surface area contributed by atoms with Crippen molar-refractivity contribution in [3.05, 3.63) is 11.5 Å². The minimum atomic E-state index is -3.55. The zero-order valence-electron chi connectivity index (χ0n) is 9.65. The fraction of sp³-hybridized carbons (Fsp3) is 0.667. The predicted octanol–water partition coefficient (Wildman–Crippen LogP) is 0.165. The second-order valence-corrected chi connectivity index (χ2v) is 5.55. The number of hydrogen-bond acceptors (Lipinski definition) is 5. The summed E-state index contributed by atoms with van der Waals surface area (Å²) in [6.45, 7) is 5.78. The molecule has 1 unspecified atom stereocenters. The van der Waals surface area contributed by atoms with Crippen molar-refractivity contribution < 1.29 is 12.9 Å². The zero-order valence-corrected chi connectivity index (χ0v) is 10.5. The quantitative estimate of drug-likeness (QED) is 0.772. The van der Waals surface area contributed by atoms with Crippen LogP contribution in [0.4, 0.5) is 0 Å². The Balaban J connectivity index is 2.87. The van der Waals surface area contributed by atoms with E-state index in [2.05, 4.69) is 9.88 Å². The van der Waals surface area contributed by atoms with E-state index in [1.807, 2.05) is 6.92 Å². The number of aryl methyl sites for hydroxylation is 2. The molecule has 1 heterocycles. The molecule has 0 aliphatic carbocycles. The van der Waals surface area contributed by atoms with E-state index < -0.39 is 10.0 Å². The summed E-state index contributed by atoms with van der Waals surface area (Å²) in [6, 6.07) is 0. The number of hydrogen-bond donors (Lipinski definition) is 2. The minimum absolute atomic E-state index is 0.0928. The molecule has 6 nitrogen and oxygen atoms in total. The van der Waals surface area contributed by atoms with Gasteiger partial charge in [0.05, 0.1) is 0 Å². The maximum atomic E-state index is 11.9. The van der Waals surface area contributed by atoms with E-state index in [9.17, 15) is 8.42 Å². The second-order valence-electron chi connectivity index (χ2n) is 3.85. The Morgan fingerprint density at radius 2 is 2.12 bits per heavy atom. The summed E-state index contributed by atoms with van der Waals surface area (Å²) in [7, 11) is -3.55. The lowest BCUT2D eigenvalue weighted by molar-refractivity contribution is 0.390. The Hall–Kier alpha value is -0.920. The molecule has 0 bridgehead atoms. The molecule has 0 saturated carbocycles. The van der Waals surface area contributed by atoms with Gasteiger partial charge in [-0.3, -0.25) is 0 Å². The third kappa shape index (κ3) is 2.81. The molecule has 0 aromatic carbocycles. The van der Waals surface area contributed by atoms with Crippen molar-refractivity contribution in [3.8, 4) is 0 Å². The lowest BCUT2D eigenvalue weighted by Gasteiger charge is -2.10. The molecular weight excluding hydrogens is 230 g/mol. The first-order valence-electron chi connectivity index (χ1n) is 5.01. The number of nitrogens with zero attached hydrogens (tertiary/aromatic N) is 1. The first kappa shape index (κ1) is 13.1. The van der Waals surface area contributed by atoms with Gasteiger partial charge in [-0.25, -0.2) is 13.1 Å². The van der Waals surface area contributed by atoms with Crippen LogP contribution in [-0.4, -0.2) is 26.7 Å². The van der Waals surface area contributed by atoms with Gasteiger partial charge in [0.25, 0.3) is 0 Å². The molecular formula is C9H17N3O3S. The van der Waals surface area contributed by atoms with Gasteiger partial charge in [0.15, 0.2) is 5.76 Å². The normalized spacial score (nSPS) is 14.0. The van der Waals surface area contributed by atoms with Gasteiger partial charge in [0, 0.05) is 6.54 Å². The number of sulfonamides is 1. The van der Waals surface area contributed by atoms with Crippen LogP contribution < -0.4 is 10.5 Å². The van der Waals surface area contributed by atoms with Crippen LogP contribution in [0.1, 0.15) is 18.4 Å². The fourth-order valence-corrected chi connectivity index (χ4v) is 2.76. The van der Waals surface area contributed by atoms with Crippen LogP contribution in [0.25, 0.3) is 0 Å². The van der Waals surface area contributed by atoms with Crippen molar-refractivity contribution in [2.24, 2.45) is 11.7 Å². The maximum absolute atomic E-state index is 11.9. The average Bonchev–Trinajstić information content (AvgIpc) is 2.55. The molecule has 0 fully saturated rings. The zero-order chi connectivity index (χ0) is 12.3. The van der Waals surface area contributed by atoms with Gasteiger partial charge in [-0.1, -0.05) is 12.1 Å². The van der Waals surface area contributed by atoms with Crippen molar-refractivity contribution in [1.82, 2.24) is 9.88 Å². The maximum Gasteiger partial charge on any atom is 0.245 e. The Morgan fingerprint density at radius 1 is 1.50 bits per heavy atom. The van der Waals surface area contributed by atoms with Crippen LogP contribution in [0.3, 0.4) is 0 Å². The van der Waals surface area contributed by atoms with E-state index in [0.29, 0.717) is 24.5 Å². The standard InChI is InChI=1S/C9H17N3O3S/c1-6(4-10)5-11-16(13,14)9-7(2)12-15-8(9)3/h6,11H,4-5,10H2,1-3H3. The Labute approximate surface area is 95.2 Å². The molecule has 0 aliphatic rings. The summed E-state index contributed by atoms with van der Waals surface area (Å²) < 4.78 is 31.1. The molecule has 1 aromatic rings. The third-order valence-corrected chi connectivity index (χ3v) is 3.93. The van der Waals surface area contributed by atoms with E-state index in [1.54, 1.807) is 13.8 Å². The first-order chi connectivity index (χ1) is 7.38. The Morgan fingerprint density at radius 3 is 2.56 bits per heavy atom. The molecule has 0 radical (unpaired) electrons. The summed E-state index contributed by atoms with van der Waals surface area (Å²) in [5.41, 5.74) is 5.78. The molecule has 0 aliphatic heterocycles. The highest BCUT2D eigenvalue weighted by atomic mass is 32.2. The molecule has 16 heavy (non-hydrogen) atoms. The van der Waals surface area contributed by atoms with Crippen LogP contribution in [0.2, 0.25) is 0 Å². The van der Waals surface area contributed by atoms with E-state index in [4.69, 9.17) is 10.3 Å². The van der Waals surface area contributed by atoms with Gasteiger partial charge < -0.3 is 10.3 Å². The number of nitrogens with one attached hydrogen (secondary N) is 1. The van der Waals surface area contributed by atoms with Gasteiger partial charge >= 0.3 is 0 Å². The van der Waals surface area contributed by atoms with Crippen LogP contribution in [0, 0.1) is 19.8 Å². The van der Waals surface area contributed by atoms with Crippen molar-refractivity contribution >= 4 is 10.0 Å².